The van der Waals surface area contributed by atoms with Crippen molar-refractivity contribution in [1.29, 1.82) is 0 Å². The van der Waals surface area contributed by atoms with Crippen LogP contribution in [0.5, 0.6) is 0 Å². The van der Waals surface area contributed by atoms with E-state index in [2.05, 4.69) is 10.0 Å². The van der Waals surface area contributed by atoms with Crippen LogP contribution < -0.4 is 0 Å². The third-order valence-corrected chi connectivity index (χ3v) is 2.16. The zero-order valence-corrected chi connectivity index (χ0v) is 6.33. The Bertz CT molecular complexity index is 228. The van der Waals surface area contributed by atoms with Crippen molar-refractivity contribution in [1.82, 2.24) is 0 Å². The standard InChI is InChI=1S/C6H9N3O3/c7-9-8-3-1-4(10)5-2-11-6(3)12-5/h3-6,10H,1-2H2. The second-order valence-corrected chi connectivity index (χ2v) is 2.95. The molecule has 0 amide bonds. The molecule has 2 fully saturated rings. The summed E-state index contributed by atoms with van der Waals surface area (Å²) >= 11 is 0. The molecule has 2 aliphatic rings. The van der Waals surface area contributed by atoms with E-state index in [0.717, 1.165) is 0 Å². The molecule has 0 aromatic carbocycles. The Kier molecular flexibility index (Phi) is 1.90. The molecule has 2 aliphatic heterocycles. The van der Waals surface area contributed by atoms with E-state index in [1.54, 1.807) is 0 Å². The molecular weight excluding hydrogens is 162 g/mol. The van der Waals surface area contributed by atoms with Gasteiger partial charge in [0.25, 0.3) is 0 Å². The molecule has 6 nitrogen and oxygen atoms in total. The lowest BCUT2D eigenvalue weighted by molar-refractivity contribution is -0.130. The molecule has 2 saturated heterocycles. The Hall–Kier alpha value is -0.810. The maximum Gasteiger partial charge on any atom is 0.166 e. The van der Waals surface area contributed by atoms with Crippen LogP contribution in [-0.2, 0) is 9.47 Å². The van der Waals surface area contributed by atoms with Gasteiger partial charge in [-0.1, -0.05) is 5.11 Å². The van der Waals surface area contributed by atoms with Gasteiger partial charge in [0.05, 0.1) is 18.8 Å². The number of fused-ring (bicyclic) bond motifs is 2. The fourth-order valence-electron chi connectivity index (χ4n) is 1.52. The van der Waals surface area contributed by atoms with Gasteiger partial charge in [0.1, 0.15) is 6.10 Å². The van der Waals surface area contributed by atoms with Gasteiger partial charge < -0.3 is 14.6 Å². The molecule has 2 heterocycles. The zero-order chi connectivity index (χ0) is 8.55. The summed E-state index contributed by atoms with van der Waals surface area (Å²) in [5.41, 5.74) is 8.20. The van der Waals surface area contributed by atoms with E-state index in [4.69, 9.17) is 15.0 Å². The Morgan fingerprint density at radius 3 is 3.17 bits per heavy atom. The van der Waals surface area contributed by atoms with Crippen LogP contribution in [0.1, 0.15) is 6.42 Å². The minimum absolute atomic E-state index is 0.236. The summed E-state index contributed by atoms with van der Waals surface area (Å²) in [5, 5.41) is 12.9. The maximum atomic E-state index is 9.40. The number of nitrogens with zero attached hydrogens (tertiary/aromatic N) is 3. The van der Waals surface area contributed by atoms with E-state index in [1.165, 1.54) is 0 Å². The van der Waals surface area contributed by atoms with Crippen LogP contribution in [0, 0.1) is 0 Å². The Morgan fingerprint density at radius 2 is 2.42 bits per heavy atom. The molecule has 0 radical (unpaired) electrons. The topological polar surface area (TPSA) is 87.5 Å². The van der Waals surface area contributed by atoms with Crippen LogP contribution in [-0.4, -0.2) is 36.3 Å². The van der Waals surface area contributed by atoms with Gasteiger partial charge in [-0.25, -0.2) is 0 Å². The molecule has 6 heteroatoms. The first-order chi connectivity index (χ1) is 5.81. The maximum absolute atomic E-state index is 9.40. The lowest BCUT2D eigenvalue weighted by atomic mass is 10.0. The van der Waals surface area contributed by atoms with E-state index in [9.17, 15) is 5.11 Å². The molecule has 0 saturated carbocycles. The van der Waals surface area contributed by atoms with Crippen molar-refractivity contribution in [3.8, 4) is 0 Å². The first-order valence-corrected chi connectivity index (χ1v) is 3.80. The Labute approximate surface area is 68.7 Å². The molecule has 0 aromatic rings. The predicted molar refractivity (Wildman–Crippen MR) is 38.2 cm³/mol. The predicted octanol–water partition coefficient (Wildman–Crippen LogP) is 0.171. The molecule has 4 atom stereocenters. The van der Waals surface area contributed by atoms with Crippen molar-refractivity contribution in [2.75, 3.05) is 6.61 Å². The lowest BCUT2D eigenvalue weighted by Crippen LogP contribution is -2.40. The van der Waals surface area contributed by atoms with Crippen LogP contribution in [0.4, 0.5) is 0 Å². The third-order valence-electron chi connectivity index (χ3n) is 2.16. The highest BCUT2D eigenvalue weighted by molar-refractivity contribution is 4.89. The average Bonchev–Trinajstić information content (AvgIpc) is 2.46. The minimum Gasteiger partial charge on any atom is -0.390 e. The number of aliphatic hydroxyl groups excluding tert-OH is 1. The molecule has 0 aromatic heterocycles. The van der Waals surface area contributed by atoms with Crippen LogP contribution in [0.15, 0.2) is 5.11 Å². The van der Waals surface area contributed by atoms with Gasteiger partial charge in [-0.2, -0.15) is 0 Å². The molecule has 2 rings (SSSR count). The highest BCUT2D eigenvalue weighted by atomic mass is 16.7. The highest BCUT2D eigenvalue weighted by Gasteiger charge is 2.42. The number of hydrogen-bond acceptors (Lipinski definition) is 4. The average molecular weight is 171 g/mol. The molecule has 0 aliphatic carbocycles. The van der Waals surface area contributed by atoms with Crippen LogP contribution in [0.3, 0.4) is 0 Å². The Balaban J connectivity index is 2.11. The van der Waals surface area contributed by atoms with Crippen LogP contribution >= 0.6 is 0 Å². The molecular formula is C6H9N3O3. The van der Waals surface area contributed by atoms with Crippen molar-refractivity contribution < 1.29 is 14.6 Å². The lowest BCUT2D eigenvalue weighted by Gasteiger charge is -2.27. The monoisotopic (exact) mass is 171 g/mol. The molecule has 4 unspecified atom stereocenters. The summed E-state index contributed by atoms with van der Waals surface area (Å²) in [5.74, 6) is 0. The number of hydrogen-bond donors (Lipinski definition) is 1. The van der Waals surface area contributed by atoms with E-state index in [-0.39, 0.29) is 12.1 Å². The van der Waals surface area contributed by atoms with Gasteiger partial charge in [0.15, 0.2) is 6.29 Å². The summed E-state index contributed by atoms with van der Waals surface area (Å²) in [7, 11) is 0. The van der Waals surface area contributed by atoms with Gasteiger partial charge in [-0.15, -0.1) is 0 Å². The molecule has 2 bridgehead atoms. The molecule has 66 valence electrons. The first kappa shape index (κ1) is 7.82. The summed E-state index contributed by atoms with van der Waals surface area (Å²) in [6.45, 7) is 0.392. The normalized spacial score (nSPS) is 45.4. The summed E-state index contributed by atoms with van der Waals surface area (Å²) in [6, 6.07) is -0.385. The van der Waals surface area contributed by atoms with Gasteiger partial charge in [-0.3, -0.25) is 0 Å². The SMILES string of the molecule is [N-]=[N+]=NC1CC(O)C2COC1O2. The van der Waals surface area contributed by atoms with E-state index in [0.29, 0.717) is 13.0 Å². The van der Waals surface area contributed by atoms with Gasteiger partial charge in [-0.05, 0) is 12.0 Å². The second-order valence-electron chi connectivity index (χ2n) is 2.95. The summed E-state index contributed by atoms with van der Waals surface area (Å²) in [4.78, 5) is 2.66. The first-order valence-electron chi connectivity index (χ1n) is 3.80. The second kappa shape index (κ2) is 2.91. The summed E-state index contributed by atoms with van der Waals surface area (Å²) in [6.07, 6.45) is -0.826. The van der Waals surface area contributed by atoms with E-state index in [1.807, 2.05) is 0 Å². The fraction of sp³-hybridized carbons (Fsp3) is 1.00. The zero-order valence-electron chi connectivity index (χ0n) is 6.33. The van der Waals surface area contributed by atoms with Gasteiger partial charge in [0.2, 0.25) is 0 Å². The van der Waals surface area contributed by atoms with Crippen molar-refractivity contribution in [2.45, 2.75) is 31.0 Å². The molecule has 1 N–H and O–H groups in total. The largest absolute Gasteiger partial charge is 0.390 e. The van der Waals surface area contributed by atoms with Crippen molar-refractivity contribution >= 4 is 0 Å². The minimum atomic E-state index is -0.570. The van der Waals surface area contributed by atoms with Gasteiger partial charge >= 0.3 is 0 Å². The highest BCUT2D eigenvalue weighted by Crippen LogP contribution is 2.29. The number of ether oxygens (including phenoxy) is 2. The van der Waals surface area contributed by atoms with Crippen LogP contribution in [0.2, 0.25) is 0 Å². The van der Waals surface area contributed by atoms with Crippen molar-refractivity contribution in [2.24, 2.45) is 5.11 Å². The van der Waals surface area contributed by atoms with E-state index < -0.39 is 12.4 Å². The van der Waals surface area contributed by atoms with Crippen molar-refractivity contribution in [3.05, 3.63) is 10.4 Å². The van der Waals surface area contributed by atoms with Crippen molar-refractivity contribution in [3.63, 3.8) is 0 Å². The van der Waals surface area contributed by atoms with E-state index >= 15 is 0 Å². The molecule has 12 heavy (non-hydrogen) atoms. The number of aliphatic hydroxyl groups is 1. The fourth-order valence-corrected chi connectivity index (χ4v) is 1.52. The number of rotatable bonds is 1. The van der Waals surface area contributed by atoms with Crippen LogP contribution in [0.25, 0.3) is 10.4 Å². The third kappa shape index (κ3) is 1.15. The smallest absolute Gasteiger partial charge is 0.166 e. The number of azide groups is 1. The summed E-state index contributed by atoms with van der Waals surface area (Å²) < 4.78 is 10.4. The quantitative estimate of drug-likeness (QED) is 0.346. The van der Waals surface area contributed by atoms with Gasteiger partial charge in [0, 0.05) is 4.91 Å². The molecule has 0 spiro atoms. The Morgan fingerprint density at radius 1 is 1.58 bits per heavy atom.